The fourth-order valence-corrected chi connectivity index (χ4v) is 6.18. The topological polar surface area (TPSA) is 149 Å². The van der Waals surface area contributed by atoms with Crippen LogP contribution in [0.1, 0.15) is 21.6 Å². The van der Waals surface area contributed by atoms with Crippen LogP contribution in [0.5, 0.6) is 17.4 Å². The number of para-hydroxylation sites is 1. The quantitative estimate of drug-likeness (QED) is 0.205. The molecule has 1 saturated heterocycles. The summed E-state index contributed by atoms with van der Waals surface area (Å²) in [5, 5.41) is 4.84. The largest absolute Gasteiger partial charge is 0.485 e. The average Bonchev–Trinajstić information content (AvgIpc) is 3.63. The summed E-state index contributed by atoms with van der Waals surface area (Å²) in [6.45, 7) is 2.00. The van der Waals surface area contributed by atoms with Crippen LogP contribution in [0.25, 0.3) is 16.6 Å². The summed E-state index contributed by atoms with van der Waals surface area (Å²) < 4.78 is 77.9. The van der Waals surface area contributed by atoms with E-state index >= 15 is 0 Å². The molecule has 0 bridgehead atoms. The molecule has 0 saturated carbocycles. The van der Waals surface area contributed by atoms with Gasteiger partial charge in [-0.25, -0.2) is 31.3 Å². The number of halogens is 3. The van der Waals surface area contributed by atoms with Crippen LogP contribution in [0.15, 0.2) is 60.9 Å². The Morgan fingerprint density at radius 3 is 2.47 bits per heavy atom. The molecule has 16 heteroatoms. The van der Waals surface area contributed by atoms with Crippen molar-refractivity contribution < 1.29 is 35.9 Å². The summed E-state index contributed by atoms with van der Waals surface area (Å²) in [4.78, 5) is 22.8. The van der Waals surface area contributed by atoms with Gasteiger partial charge in [-0.15, -0.1) is 0 Å². The minimum atomic E-state index is -3.37. The number of aromatic amines is 1. The van der Waals surface area contributed by atoms with E-state index in [1.807, 2.05) is 4.90 Å². The third-order valence-corrected chi connectivity index (χ3v) is 9.05. The smallest absolute Gasteiger partial charge is 0.272 e. The standard InChI is InChI=1S/C31H30F3N7O5S/c1-18-11-29(46-26-6-4-3-5-21(26)32)36-16-25(18)41-31(35)20(15-37-41)30(42)23-12-19-13-27(45-17-28(33)34)24(14-22(19)38-23)39-7-9-40(10-8-39)47(2,43)44/h3-6,11-16,28,38H,7-10,17,35H2,1-2H3. The van der Waals surface area contributed by atoms with E-state index in [1.54, 1.807) is 43.3 Å². The minimum absolute atomic E-state index is 0.0197. The Kier molecular flexibility index (Phi) is 8.55. The molecule has 4 heterocycles. The molecule has 246 valence electrons. The Morgan fingerprint density at radius 1 is 1.04 bits per heavy atom. The number of nitrogens with zero attached hydrogens (tertiary/aromatic N) is 5. The molecule has 2 aromatic carbocycles. The fourth-order valence-electron chi connectivity index (χ4n) is 5.36. The van der Waals surface area contributed by atoms with Crippen LogP contribution in [0.3, 0.4) is 0 Å². The van der Waals surface area contributed by atoms with Crippen LogP contribution in [-0.4, -0.2) is 83.7 Å². The van der Waals surface area contributed by atoms with Crippen molar-refractivity contribution in [2.45, 2.75) is 13.3 Å². The number of sulfonamides is 1. The fraction of sp³-hybridized carbons (Fsp3) is 0.258. The van der Waals surface area contributed by atoms with Gasteiger partial charge < -0.3 is 25.1 Å². The minimum Gasteiger partial charge on any atom is -0.485 e. The number of carbonyl (C=O) groups is 1. The molecule has 3 aromatic heterocycles. The molecule has 1 fully saturated rings. The summed E-state index contributed by atoms with van der Waals surface area (Å²) >= 11 is 0. The van der Waals surface area contributed by atoms with Gasteiger partial charge in [-0.1, -0.05) is 12.1 Å². The highest BCUT2D eigenvalue weighted by Crippen LogP contribution is 2.36. The van der Waals surface area contributed by atoms with E-state index in [0.29, 0.717) is 40.9 Å². The number of rotatable bonds is 10. The van der Waals surface area contributed by atoms with Gasteiger partial charge in [0.2, 0.25) is 21.7 Å². The Bertz CT molecular complexity index is 2080. The maximum absolute atomic E-state index is 14.0. The number of fused-ring (bicyclic) bond motifs is 1. The highest BCUT2D eigenvalue weighted by atomic mass is 32.2. The Balaban J connectivity index is 1.27. The zero-order valence-electron chi connectivity index (χ0n) is 25.3. The zero-order chi connectivity index (χ0) is 33.5. The number of hydrogen-bond donors (Lipinski definition) is 2. The molecule has 6 rings (SSSR count). The highest BCUT2D eigenvalue weighted by Gasteiger charge is 2.27. The monoisotopic (exact) mass is 669 g/mol. The van der Waals surface area contributed by atoms with Crippen molar-refractivity contribution >= 4 is 38.2 Å². The second kappa shape index (κ2) is 12.6. The molecule has 12 nitrogen and oxygen atoms in total. The molecule has 0 unspecified atom stereocenters. The first kappa shape index (κ1) is 31.9. The van der Waals surface area contributed by atoms with Gasteiger partial charge in [0.15, 0.2) is 11.6 Å². The van der Waals surface area contributed by atoms with Crippen molar-refractivity contribution in [3.05, 3.63) is 83.6 Å². The number of aromatic nitrogens is 4. The van der Waals surface area contributed by atoms with Crippen molar-refractivity contribution in [2.24, 2.45) is 0 Å². The number of piperazine rings is 1. The summed E-state index contributed by atoms with van der Waals surface area (Å²) in [6, 6.07) is 12.4. The predicted octanol–water partition coefficient (Wildman–Crippen LogP) is 4.53. The lowest BCUT2D eigenvalue weighted by Crippen LogP contribution is -2.48. The molecule has 5 aromatic rings. The number of alkyl halides is 2. The van der Waals surface area contributed by atoms with E-state index in [4.69, 9.17) is 15.2 Å². The van der Waals surface area contributed by atoms with Crippen molar-refractivity contribution in [1.29, 1.82) is 0 Å². The summed E-state index contributed by atoms with van der Waals surface area (Å²) in [6.07, 6.45) is 1.21. The molecule has 0 amide bonds. The number of hydrogen-bond acceptors (Lipinski definition) is 9. The number of benzene rings is 2. The lowest BCUT2D eigenvalue weighted by atomic mass is 10.1. The lowest BCUT2D eigenvalue weighted by Gasteiger charge is -2.35. The molecule has 1 aliphatic rings. The normalized spacial score (nSPS) is 14.2. The number of ether oxygens (including phenoxy) is 2. The number of pyridine rings is 1. The van der Waals surface area contributed by atoms with Crippen LogP contribution in [0.4, 0.5) is 24.7 Å². The number of nitrogen functional groups attached to an aromatic ring is 1. The Hall–Kier alpha value is -5.09. The first-order chi connectivity index (χ1) is 22.4. The first-order valence-electron chi connectivity index (χ1n) is 14.4. The number of carbonyl (C=O) groups excluding carboxylic acids is 1. The molecule has 3 N–H and O–H groups in total. The maximum atomic E-state index is 14.0. The van der Waals surface area contributed by atoms with E-state index in [1.165, 1.54) is 33.5 Å². The highest BCUT2D eigenvalue weighted by molar-refractivity contribution is 7.88. The predicted molar refractivity (Wildman–Crippen MR) is 169 cm³/mol. The third-order valence-electron chi connectivity index (χ3n) is 7.75. The summed E-state index contributed by atoms with van der Waals surface area (Å²) in [7, 11) is -3.37. The SMILES string of the molecule is Cc1cc(Oc2ccccc2F)ncc1-n1ncc(C(=O)c2cc3cc(OCC(F)F)c(N4CCN(S(C)(=O)=O)CC4)cc3[nH]2)c1N. The lowest BCUT2D eigenvalue weighted by molar-refractivity contribution is 0.0821. The van der Waals surface area contributed by atoms with Gasteiger partial charge >= 0.3 is 0 Å². The average molecular weight is 670 g/mol. The first-order valence-corrected chi connectivity index (χ1v) is 16.3. The van der Waals surface area contributed by atoms with Crippen LogP contribution in [0.2, 0.25) is 0 Å². The van der Waals surface area contributed by atoms with Crippen molar-refractivity contribution in [1.82, 2.24) is 24.1 Å². The zero-order valence-corrected chi connectivity index (χ0v) is 26.1. The number of aryl methyl sites for hydroxylation is 1. The van der Waals surface area contributed by atoms with Gasteiger partial charge in [-0.3, -0.25) is 4.79 Å². The summed E-state index contributed by atoms with van der Waals surface area (Å²) in [5.74, 6) is -0.592. The van der Waals surface area contributed by atoms with E-state index in [-0.39, 0.29) is 47.5 Å². The van der Waals surface area contributed by atoms with Gasteiger partial charge in [0.1, 0.15) is 18.2 Å². The maximum Gasteiger partial charge on any atom is 0.272 e. The van der Waals surface area contributed by atoms with Crippen LogP contribution < -0.4 is 20.1 Å². The van der Waals surface area contributed by atoms with Crippen LogP contribution in [0, 0.1) is 12.7 Å². The van der Waals surface area contributed by atoms with Crippen molar-refractivity contribution in [3.8, 4) is 23.1 Å². The van der Waals surface area contributed by atoms with Gasteiger partial charge in [0.25, 0.3) is 6.43 Å². The van der Waals surface area contributed by atoms with Crippen molar-refractivity contribution in [2.75, 3.05) is 49.7 Å². The molecule has 0 atom stereocenters. The van der Waals surface area contributed by atoms with E-state index in [2.05, 4.69) is 15.1 Å². The molecule has 0 spiro atoms. The number of nitrogens with one attached hydrogen (secondary N) is 1. The number of anilines is 2. The Labute approximate surface area is 267 Å². The Morgan fingerprint density at radius 2 is 1.79 bits per heavy atom. The molecule has 0 aliphatic carbocycles. The van der Waals surface area contributed by atoms with Crippen molar-refractivity contribution in [3.63, 3.8) is 0 Å². The van der Waals surface area contributed by atoms with Crippen LogP contribution >= 0.6 is 0 Å². The molecule has 0 radical (unpaired) electrons. The van der Waals surface area contributed by atoms with E-state index < -0.39 is 34.7 Å². The van der Waals surface area contributed by atoms with Gasteiger partial charge in [0, 0.05) is 43.1 Å². The molecular formula is C31H30F3N7O5S. The van der Waals surface area contributed by atoms with Gasteiger partial charge in [0.05, 0.1) is 41.3 Å². The number of H-pyrrole nitrogens is 1. The van der Waals surface area contributed by atoms with E-state index in [9.17, 15) is 26.4 Å². The second-order valence-electron chi connectivity index (χ2n) is 11.0. The van der Waals surface area contributed by atoms with Gasteiger partial charge in [-0.2, -0.15) is 9.40 Å². The molecular weight excluding hydrogens is 639 g/mol. The van der Waals surface area contributed by atoms with Gasteiger partial charge in [-0.05, 0) is 42.8 Å². The molecule has 1 aliphatic heterocycles. The summed E-state index contributed by atoms with van der Waals surface area (Å²) in [5.41, 5.74) is 8.81. The number of ketones is 1. The van der Waals surface area contributed by atoms with E-state index in [0.717, 1.165) is 6.26 Å². The second-order valence-corrected chi connectivity index (χ2v) is 12.9. The van der Waals surface area contributed by atoms with Crippen LogP contribution in [-0.2, 0) is 10.0 Å². The third kappa shape index (κ3) is 6.59. The number of nitrogens with two attached hydrogens (primary N) is 1. The molecule has 47 heavy (non-hydrogen) atoms.